The predicted molar refractivity (Wildman–Crippen MR) is 41.8 cm³/mol. The van der Waals surface area contributed by atoms with Gasteiger partial charge in [0.2, 0.25) is 10.2 Å². The van der Waals surface area contributed by atoms with E-state index in [0.717, 1.165) is 0 Å². The van der Waals surface area contributed by atoms with Crippen LogP contribution >= 0.6 is 0 Å². The fraction of sp³-hybridized carbons (Fsp3) is 1.00. The Morgan fingerprint density at radius 2 is 1.83 bits per heavy atom. The molecule has 0 bridgehead atoms. The monoisotopic (exact) mass is 217 g/mol. The Bertz CT molecular complexity index is 318. The van der Waals surface area contributed by atoms with Crippen LogP contribution in [-0.2, 0) is 24.5 Å². The second-order valence-electron chi connectivity index (χ2n) is 2.73. The Kier molecular flexibility index (Phi) is 2.30. The molecule has 1 heterocycles. The maximum absolute atomic E-state index is 10.9. The third kappa shape index (κ3) is 2.02. The highest BCUT2D eigenvalue weighted by Crippen LogP contribution is 2.22. The van der Waals surface area contributed by atoms with Crippen LogP contribution in [0.15, 0.2) is 0 Å². The zero-order valence-electron chi connectivity index (χ0n) is 5.95. The van der Waals surface area contributed by atoms with Crippen molar-refractivity contribution in [2.75, 3.05) is 11.5 Å². The van der Waals surface area contributed by atoms with Crippen molar-refractivity contribution in [1.82, 2.24) is 0 Å². The first-order chi connectivity index (χ1) is 5.22. The lowest BCUT2D eigenvalue weighted by atomic mass is 10.3. The highest BCUT2D eigenvalue weighted by atomic mass is 32.3. The Labute approximate surface area is 70.6 Å². The lowest BCUT2D eigenvalue weighted by Crippen LogP contribution is -2.32. The van der Waals surface area contributed by atoms with Crippen molar-refractivity contribution in [1.29, 1.82) is 0 Å². The first-order valence-electron chi connectivity index (χ1n) is 3.09. The molecule has 72 valence electrons. The van der Waals surface area contributed by atoms with Crippen molar-refractivity contribution in [3.8, 4) is 0 Å². The molecular formula is C4H9O6S2+. The molecule has 1 saturated heterocycles. The molecule has 0 aromatic heterocycles. The molecule has 6 nitrogen and oxygen atoms in total. The molecule has 3 atom stereocenters. The number of hydrogen-bond donors (Lipinski definition) is 3. The summed E-state index contributed by atoms with van der Waals surface area (Å²) >= 11 is 0. The molecule has 0 aromatic carbocycles. The lowest BCUT2D eigenvalue weighted by molar-refractivity contribution is 0.200. The molecule has 0 saturated carbocycles. The summed E-state index contributed by atoms with van der Waals surface area (Å²) < 4.78 is 49.2. The van der Waals surface area contributed by atoms with Crippen LogP contribution in [0.1, 0.15) is 0 Å². The fourth-order valence-corrected chi connectivity index (χ4v) is 4.67. The summed E-state index contributed by atoms with van der Waals surface area (Å²) in [6.07, 6.45) is -1.45. The van der Waals surface area contributed by atoms with Crippen LogP contribution in [0.25, 0.3) is 0 Å². The number of rotatable bonds is 1. The Morgan fingerprint density at radius 1 is 1.33 bits per heavy atom. The maximum Gasteiger partial charge on any atom is 0.275 e. The summed E-state index contributed by atoms with van der Waals surface area (Å²) in [5.74, 6) is -1.08. The molecule has 12 heavy (non-hydrogen) atoms. The van der Waals surface area contributed by atoms with Crippen molar-refractivity contribution in [3.63, 3.8) is 0 Å². The van der Waals surface area contributed by atoms with Crippen LogP contribution in [0.2, 0.25) is 0 Å². The Hall–Kier alpha value is -0.0200. The van der Waals surface area contributed by atoms with Gasteiger partial charge in [-0.1, -0.05) is 4.21 Å². The van der Waals surface area contributed by atoms with Gasteiger partial charge in [-0.3, -0.25) is 4.55 Å². The number of aliphatic hydroxyl groups is 1. The molecule has 0 aromatic rings. The highest BCUT2D eigenvalue weighted by Gasteiger charge is 2.51. The Balaban J connectivity index is 2.93. The summed E-state index contributed by atoms with van der Waals surface area (Å²) in [5.41, 5.74) is 0. The largest absolute Gasteiger partial charge is 0.386 e. The quantitative estimate of drug-likeness (QED) is 0.367. The molecule has 1 aliphatic rings. The van der Waals surface area contributed by atoms with E-state index in [4.69, 9.17) is 14.2 Å². The standard InChI is InChI=1S/C4H8O6S2/c5-3-1-11(6,7)2-4(3)12(8,9)10/h3-5H,1-2H2,(H-,6,7,8,9,10)/p+1/t3-,4+/m0/s1. The van der Waals surface area contributed by atoms with Gasteiger partial charge in [0.05, 0.1) is 0 Å². The normalized spacial score (nSPS) is 43.2. The molecule has 8 heteroatoms. The molecule has 0 spiro atoms. The zero-order chi connectivity index (χ0) is 9.57. The predicted octanol–water partition coefficient (Wildman–Crippen LogP) is -1.41. The van der Waals surface area contributed by atoms with E-state index in [1.807, 2.05) is 0 Å². The second kappa shape index (κ2) is 2.74. The van der Waals surface area contributed by atoms with E-state index in [0.29, 0.717) is 0 Å². The van der Waals surface area contributed by atoms with Gasteiger partial charge in [0.25, 0.3) is 10.1 Å². The van der Waals surface area contributed by atoms with E-state index < -0.39 is 43.2 Å². The Morgan fingerprint density at radius 3 is 2.00 bits per heavy atom. The summed E-state index contributed by atoms with van der Waals surface area (Å²) in [6, 6.07) is 0. The first-order valence-corrected chi connectivity index (χ1v) is 6.44. The summed E-state index contributed by atoms with van der Waals surface area (Å²) in [4.78, 5) is 0. The van der Waals surface area contributed by atoms with E-state index in [9.17, 15) is 12.6 Å². The summed E-state index contributed by atoms with van der Waals surface area (Å²) in [6.45, 7) is 0. The van der Waals surface area contributed by atoms with Gasteiger partial charge in [0.1, 0.15) is 6.10 Å². The molecule has 0 aliphatic carbocycles. The fourth-order valence-electron chi connectivity index (χ4n) is 1.09. The van der Waals surface area contributed by atoms with Crippen molar-refractivity contribution < 1.29 is 26.8 Å². The van der Waals surface area contributed by atoms with Crippen LogP contribution < -0.4 is 0 Å². The zero-order valence-corrected chi connectivity index (χ0v) is 7.58. The third-order valence-corrected chi connectivity index (χ3v) is 4.87. The molecule has 0 amide bonds. The lowest BCUT2D eigenvalue weighted by Gasteiger charge is -2.04. The van der Waals surface area contributed by atoms with Gasteiger partial charge in [-0.2, -0.15) is 13.0 Å². The van der Waals surface area contributed by atoms with Crippen molar-refractivity contribution in [2.24, 2.45) is 0 Å². The molecule has 0 radical (unpaired) electrons. The molecule has 3 N–H and O–H groups in total. The van der Waals surface area contributed by atoms with Gasteiger partial charge in [0.15, 0.2) is 16.8 Å². The third-order valence-electron chi connectivity index (χ3n) is 1.67. The number of aliphatic hydroxyl groups excluding tert-OH is 1. The van der Waals surface area contributed by atoms with E-state index >= 15 is 0 Å². The summed E-state index contributed by atoms with van der Waals surface area (Å²) in [5, 5.41) is 7.46. The molecular weight excluding hydrogens is 208 g/mol. The molecule has 1 fully saturated rings. The SMILES string of the molecule is O=S(=O)(O)[C@@H]1C[S+](=O)(O)C[C@@H]1O. The minimum atomic E-state index is -4.41. The van der Waals surface area contributed by atoms with Crippen LogP contribution in [0.3, 0.4) is 0 Å². The molecule has 1 rings (SSSR count). The van der Waals surface area contributed by atoms with Crippen molar-refractivity contribution in [2.45, 2.75) is 11.4 Å². The van der Waals surface area contributed by atoms with Crippen molar-refractivity contribution >= 4 is 20.3 Å². The van der Waals surface area contributed by atoms with E-state index in [1.54, 1.807) is 0 Å². The van der Waals surface area contributed by atoms with Gasteiger partial charge < -0.3 is 5.11 Å². The van der Waals surface area contributed by atoms with Crippen LogP contribution in [-0.4, -0.2) is 45.5 Å². The van der Waals surface area contributed by atoms with Gasteiger partial charge in [-0.15, -0.1) is 0 Å². The van der Waals surface area contributed by atoms with Crippen molar-refractivity contribution in [3.05, 3.63) is 0 Å². The van der Waals surface area contributed by atoms with E-state index in [-0.39, 0.29) is 0 Å². The van der Waals surface area contributed by atoms with Gasteiger partial charge >= 0.3 is 0 Å². The van der Waals surface area contributed by atoms with Crippen LogP contribution in [0, 0.1) is 0 Å². The first kappa shape index (κ1) is 10.1. The van der Waals surface area contributed by atoms with E-state index in [1.165, 1.54) is 0 Å². The second-order valence-corrected chi connectivity index (χ2v) is 6.57. The van der Waals surface area contributed by atoms with Gasteiger partial charge in [0, 0.05) is 0 Å². The van der Waals surface area contributed by atoms with Crippen LogP contribution in [0.5, 0.6) is 0 Å². The molecule has 1 aliphatic heterocycles. The highest BCUT2D eigenvalue weighted by molar-refractivity contribution is 7.99. The van der Waals surface area contributed by atoms with Gasteiger partial charge in [-0.25, -0.2) is 0 Å². The summed E-state index contributed by atoms with van der Waals surface area (Å²) in [7, 11) is -7.68. The molecule has 1 unspecified atom stereocenters. The topological polar surface area (TPSA) is 112 Å². The minimum Gasteiger partial charge on any atom is -0.386 e. The van der Waals surface area contributed by atoms with Crippen LogP contribution in [0.4, 0.5) is 0 Å². The number of hydrogen-bond acceptors (Lipinski definition) is 4. The van der Waals surface area contributed by atoms with E-state index in [2.05, 4.69) is 0 Å². The van der Waals surface area contributed by atoms with Gasteiger partial charge in [-0.05, 0) is 0 Å². The smallest absolute Gasteiger partial charge is 0.275 e. The average Bonchev–Trinajstić information content (AvgIpc) is 2.03. The average molecular weight is 217 g/mol. The minimum absolute atomic E-state index is 0.489. The maximum atomic E-state index is 10.9.